The predicted molar refractivity (Wildman–Crippen MR) is 111 cm³/mol. The van der Waals surface area contributed by atoms with Crippen LogP contribution < -0.4 is 18.5 Å². The van der Waals surface area contributed by atoms with Crippen molar-refractivity contribution in [1.29, 1.82) is 0 Å². The second kappa shape index (κ2) is 8.72. The maximum absolute atomic E-state index is 6.28. The van der Waals surface area contributed by atoms with Gasteiger partial charge >= 0.3 is 0 Å². The van der Waals surface area contributed by atoms with Crippen molar-refractivity contribution in [3.05, 3.63) is 0 Å². The molecule has 0 saturated heterocycles. The molecule has 1 aromatic heterocycles. The van der Waals surface area contributed by atoms with Crippen molar-refractivity contribution in [2.75, 3.05) is 13.2 Å². The monoisotopic (exact) mass is 372 g/mol. The van der Waals surface area contributed by atoms with E-state index in [2.05, 4.69) is 53.1 Å². The zero-order valence-corrected chi connectivity index (χ0v) is 19.3. The Labute approximate surface area is 149 Å². The van der Waals surface area contributed by atoms with Crippen molar-refractivity contribution in [2.45, 2.75) is 78.8 Å². The number of hydrogen-bond acceptors (Lipinski definition) is 3. The molecule has 0 radical (unpaired) electrons. The molecule has 0 unspecified atom stereocenters. The summed E-state index contributed by atoms with van der Waals surface area (Å²) >= 11 is 1.99. The minimum Gasteiger partial charge on any atom is -0.489 e. The summed E-state index contributed by atoms with van der Waals surface area (Å²) in [6, 6.07) is 0. The lowest BCUT2D eigenvalue weighted by Crippen LogP contribution is -2.38. The zero-order chi connectivity index (χ0) is 17.7. The highest BCUT2D eigenvalue weighted by Gasteiger charge is 2.34. The van der Waals surface area contributed by atoms with Gasteiger partial charge in [0, 0.05) is 9.00 Å². The van der Waals surface area contributed by atoms with E-state index in [0.717, 1.165) is 37.6 Å². The van der Waals surface area contributed by atoms with Crippen LogP contribution in [-0.4, -0.2) is 29.4 Å². The fourth-order valence-electron chi connectivity index (χ4n) is 2.29. The van der Waals surface area contributed by atoms with E-state index in [1.807, 2.05) is 11.3 Å². The molecular formula is C18H36O2SSi2. The van der Waals surface area contributed by atoms with Crippen molar-refractivity contribution < 1.29 is 9.47 Å². The molecule has 0 atom stereocenters. The third kappa shape index (κ3) is 5.94. The van der Waals surface area contributed by atoms with Gasteiger partial charge in [0.25, 0.3) is 0 Å². The first kappa shape index (κ1) is 20.8. The Morgan fingerprint density at radius 1 is 0.696 bits per heavy atom. The number of unbranched alkanes of at least 4 members (excludes halogenated alkanes) is 2. The quantitative estimate of drug-likeness (QED) is 0.415. The summed E-state index contributed by atoms with van der Waals surface area (Å²) in [7, 11) is -2.88. The lowest BCUT2D eigenvalue weighted by molar-refractivity contribution is 0.267. The van der Waals surface area contributed by atoms with Gasteiger partial charge in [-0.25, -0.2) is 0 Å². The van der Waals surface area contributed by atoms with E-state index in [4.69, 9.17) is 9.47 Å². The van der Waals surface area contributed by atoms with E-state index < -0.39 is 16.1 Å². The topological polar surface area (TPSA) is 18.5 Å². The molecule has 0 aliphatic heterocycles. The van der Waals surface area contributed by atoms with Gasteiger partial charge in [-0.05, 0) is 12.8 Å². The molecule has 1 aromatic rings. The SMILES string of the molecule is CCCCOc1c([Si](C)(C)C)sc([Si](C)(C)C)c1OCCCC. The predicted octanol–water partition coefficient (Wildman–Crippen LogP) is 5.20. The minimum atomic E-state index is -1.44. The second-order valence-corrected chi connectivity index (χ2v) is 20.1. The molecule has 0 aliphatic rings. The van der Waals surface area contributed by atoms with E-state index >= 15 is 0 Å². The van der Waals surface area contributed by atoms with Crippen molar-refractivity contribution in [3.8, 4) is 11.5 Å². The Morgan fingerprint density at radius 3 is 1.30 bits per heavy atom. The van der Waals surface area contributed by atoms with Crippen LogP contribution >= 0.6 is 11.3 Å². The normalized spacial score (nSPS) is 12.5. The van der Waals surface area contributed by atoms with Crippen molar-refractivity contribution >= 4 is 36.5 Å². The van der Waals surface area contributed by atoms with E-state index in [0.29, 0.717) is 0 Å². The summed E-state index contributed by atoms with van der Waals surface area (Å²) in [5.74, 6) is 2.19. The Balaban J connectivity index is 3.29. The molecule has 23 heavy (non-hydrogen) atoms. The molecule has 0 aliphatic carbocycles. The van der Waals surface area contributed by atoms with Crippen LogP contribution in [0.5, 0.6) is 11.5 Å². The average Bonchev–Trinajstić information content (AvgIpc) is 2.78. The van der Waals surface area contributed by atoms with Crippen LogP contribution in [0.1, 0.15) is 39.5 Å². The number of rotatable bonds is 10. The summed E-state index contributed by atoms with van der Waals surface area (Å²) in [4.78, 5) is 0. The lowest BCUT2D eigenvalue weighted by Gasteiger charge is -2.19. The smallest absolute Gasteiger partial charge is 0.170 e. The highest BCUT2D eigenvalue weighted by molar-refractivity contribution is 7.36. The Morgan fingerprint density at radius 2 is 1.04 bits per heavy atom. The first-order valence-corrected chi connectivity index (χ1v) is 16.9. The summed E-state index contributed by atoms with van der Waals surface area (Å²) in [6.45, 7) is 20.5. The fraction of sp³-hybridized carbons (Fsp3) is 0.778. The molecule has 1 rings (SSSR count). The molecule has 0 bridgehead atoms. The first-order chi connectivity index (χ1) is 10.6. The first-order valence-electron chi connectivity index (χ1n) is 9.06. The Kier molecular flexibility index (Phi) is 7.88. The molecule has 0 spiro atoms. The van der Waals surface area contributed by atoms with Crippen molar-refractivity contribution in [3.63, 3.8) is 0 Å². The molecule has 1 heterocycles. The molecule has 5 heteroatoms. The van der Waals surface area contributed by atoms with Crippen LogP contribution in [0.25, 0.3) is 0 Å². The van der Waals surface area contributed by atoms with Gasteiger partial charge in [0.05, 0.1) is 29.4 Å². The summed E-state index contributed by atoms with van der Waals surface area (Å²) < 4.78 is 15.5. The highest BCUT2D eigenvalue weighted by atomic mass is 32.1. The van der Waals surface area contributed by atoms with Crippen LogP contribution in [0, 0.1) is 0 Å². The maximum Gasteiger partial charge on any atom is 0.170 e. The van der Waals surface area contributed by atoms with Gasteiger partial charge in [-0.1, -0.05) is 66.0 Å². The van der Waals surface area contributed by atoms with Gasteiger partial charge < -0.3 is 9.47 Å². The minimum absolute atomic E-state index is 0.806. The maximum atomic E-state index is 6.28. The van der Waals surface area contributed by atoms with Crippen LogP contribution in [0.2, 0.25) is 39.3 Å². The lowest BCUT2D eigenvalue weighted by atomic mass is 10.3. The summed E-state index contributed by atoms with van der Waals surface area (Å²) in [6.07, 6.45) is 4.55. The Bertz CT molecular complexity index is 442. The van der Waals surface area contributed by atoms with Gasteiger partial charge in [-0.15, -0.1) is 11.3 Å². The van der Waals surface area contributed by atoms with Gasteiger partial charge in [-0.3, -0.25) is 0 Å². The van der Waals surface area contributed by atoms with Crippen LogP contribution in [0.4, 0.5) is 0 Å². The van der Waals surface area contributed by atoms with E-state index in [1.165, 1.54) is 21.8 Å². The van der Waals surface area contributed by atoms with E-state index in [9.17, 15) is 0 Å². The van der Waals surface area contributed by atoms with Crippen molar-refractivity contribution in [1.82, 2.24) is 0 Å². The Hall–Kier alpha value is -0.266. The van der Waals surface area contributed by atoms with Crippen LogP contribution in [0.15, 0.2) is 0 Å². The standard InChI is InChI=1S/C18H36O2SSi2/c1-9-11-13-19-15-16(20-14-12-10-2)18(23(6,7)8)21-17(15)22(3,4)5/h9-14H2,1-8H3. The molecular weight excluding hydrogens is 336 g/mol. The number of thiophene rings is 1. The van der Waals surface area contributed by atoms with Gasteiger partial charge in [0.1, 0.15) is 0 Å². The molecule has 0 N–H and O–H groups in total. The fourth-order valence-corrected chi connectivity index (χ4v) is 8.08. The third-order valence-electron chi connectivity index (χ3n) is 3.67. The van der Waals surface area contributed by atoms with Gasteiger partial charge in [0.15, 0.2) is 11.5 Å². The molecule has 0 aromatic carbocycles. The van der Waals surface area contributed by atoms with E-state index in [-0.39, 0.29) is 0 Å². The van der Waals surface area contributed by atoms with E-state index in [1.54, 1.807) is 0 Å². The highest BCUT2D eigenvalue weighted by Crippen LogP contribution is 2.33. The average molecular weight is 373 g/mol. The summed E-state index contributed by atoms with van der Waals surface area (Å²) in [5, 5.41) is 0. The molecule has 0 saturated carbocycles. The number of hydrogen-bond donors (Lipinski definition) is 0. The molecule has 0 amide bonds. The zero-order valence-electron chi connectivity index (χ0n) is 16.5. The van der Waals surface area contributed by atoms with Crippen molar-refractivity contribution in [2.24, 2.45) is 0 Å². The summed E-state index contributed by atoms with van der Waals surface area (Å²) in [5.41, 5.74) is 0. The molecule has 134 valence electrons. The van der Waals surface area contributed by atoms with Gasteiger partial charge in [-0.2, -0.15) is 0 Å². The molecule has 2 nitrogen and oxygen atoms in total. The third-order valence-corrected chi connectivity index (χ3v) is 11.9. The number of ether oxygens (including phenoxy) is 2. The second-order valence-electron chi connectivity index (χ2n) is 8.32. The largest absolute Gasteiger partial charge is 0.489 e. The van der Waals surface area contributed by atoms with Crippen LogP contribution in [-0.2, 0) is 0 Å². The van der Waals surface area contributed by atoms with Crippen LogP contribution in [0.3, 0.4) is 0 Å². The molecule has 0 fully saturated rings. The van der Waals surface area contributed by atoms with Gasteiger partial charge in [0.2, 0.25) is 0 Å².